The van der Waals surface area contributed by atoms with Gasteiger partial charge in [0.05, 0.1) is 12.8 Å². The Labute approximate surface area is 137 Å². The van der Waals surface area contributed by atoms with Crippen molar-refractivity contribution in [1.29, 1.82) is 0 Å². The van der Waals surface area contributed by atoms with Crippen molar-refractivity contribution in [1.82, 2.24) is 10.2 Å². The number of nitrogens with zero attached hydrogens (tertiary/aromatic N) is 1. The Balaban J connectivity index is 1.67. The number of urea groups is 1. The number of hydrogen-bond donors (Lipinski definition) is 2. The molecule has 1 aromatic carbocycles. The van der Waals surface area contributed by atoms with Crippen LogP contribution in [0.1, 0.15) is 26.2 Å². The van der Waals surface area contributed by atoms with Gasteiger partial charge >= 0.3 is 6.03 Å². The summed E-state index contributed by atoms with van der Waals surface area (Å²) < 4.78 is 18.2. The summed E-state index contributed by atoms with van der Waals surface area (Å²) in [4.78, 5) is 14.3. The van der Waals surface area contributed by atoms with Crippen LogP contribution in [0.2, 0.25) is 0 Å². The van der Waals surface area contributed by atoms with Gasteiger partial charge in [-0.2, -0.15) is 0 Å². The Bertz CT molecular complexity index is 517. The minimum absolute atomic E-state index is 0.304. The molecule has 0 aromatic heterocycles. The summed E-state index contributed by atoms with van der Waals surface area (Å²) in [5.41, 5.74) is 0.455. The van der Waals surface area contributed by atoms with E-state index in [9.17, 15) is 9.18 Å². The largest absolute Gasteiger partial charge is 0.494 e. The van der Waals surface area contributed by atoms with Crippen molar-refractivity contribution in [2.45, 2.75) is 26.2 Å². The maximum atomic E-state index is 13.1. The van der Waals surface area contributed by atoms with E-state index in [1.807, 2.05) is 0 Å². The second kappa shape index (κ2) is 8.72. The normalized spacial score (nSPS) is 16.1. The Morgan fingerprint density at radius 2 is 2.13 bits per heavy atom. The molecule has 2 amide bonds. The molecule has 0 bridgehead atoms. The first kappa shape index (κ1) is 17.5. The number of nitrogens with one attached hydrogen (secondary N) is 2. The third-order valence-corrected chi connectivity index (χ3v) is 4.22. The van der Waals surface area contributed by atoms with Crippen LogP contribution in [-0.4, -0.2) is 44.2 Å². The number of hydrogen-bond acceptors (Lipinski definition) is 3. The van der Waals surface area contributed by atoms with E-state index in [0.717, 1.165) is 32.0 Å². The van der Waals surface area contributed by atoms with E-state index in [0.29, 0.717) is 18.0 Å². The Morgan fingerprint density at radius 3 is 2.83 bits per heavy atom. The predicted molar refractivity (Wildman–Crippen MR) is 89.4 cm³/mol. The van der Waals surface area contributed by atoms with E-state index < -0.39 is 5.82 Å². The summed E-state index contributed by atoms with van der Waals surface area (Å²) in [6, 6.07) is 3.72. The number of benzene rings is 1. The lowest BCUT2D eigenvalue weighted by Crippen LogP contribution is -2.36. The molecule has 6 heteroatoms. The van der Waals surface area contributed by atoms with Gasteiger partial charge in [-0.3, -0.25) is 0 Å². The molecule has 0 spiro atoms. The van der Waals surface area contributed by atoms with Crippen LogP contribution < -0.4 is 15.4 Å². The van der Waals surface area contributed by atoms with Crippen LogP contribution in [0.25, 0.3) is 0 Å². The van der Waals surface area contributed by atoms with Gasteiger partial charge < -0.3 is 20.3 Å². The van der Waals surface area contributed by atoms with Crippen LogP contribution in [0.15, 0.2) is 18.2 Å². The molecule has 1 fully saturated rings. The first-order valence-corrected chi connectivity index (χ1v) is 8.19. The number of methoxy groups -OCH3 is 1. The average Bonchev–Trinajstić information content (AvgIpc) is 2.55. The van der Waals surface area contributed by atoms with Gasteiger partial charge in [0.2, 0.25) is 0 Å². The zero-order chi connectivity index (χ0) is 16.7. The van der Waals surface area contributed by atoms with Gasteiger partial charge in [-0.05, 0) is 56.9 Å². The topological polar surface area (TPSA) is 53.6 Å². The molecule has 128 valence electrons. The molecule has 23 heavy (non-hydrogen) atoms. The number of amides is 2. The average molecular weight is 323 g/mol. The number of carbonyl (C=O) groups excluding carboxylic acids is 1. The fourth-order valence-corrected chi connectivity index (χ4v) is 2.73. The smallest absolute Gasteiger partial charge is 0.319 e. The molecule has 1 heterocycles. The number of ether oxygens (including phenoxy) is 1. The predicted octanol–water partition coefficient (Wildman–Crippen LogP) is 3.08. The highest BCUT2D eigenvalue weighted by Gasteiger charge is 2.15. The lowest BCUT2D eigenvalue weighted by Gasteiger charge is -2.30. The van der Waals surface area contributed by atoms with Crippen LogP contribution >= 0.6 is 0 Å². The van der Waals surface area contributed by atoms with Crippen molar-refractivity contribution in [3.63, 3.8) is 0 Å². The van der Waals surface area contributed by atoms with Crippen molar-refractivity contribution >= 4 is 11.7 Å². The third-order valence-electron chi connectivity index (χ3n) is 4.22. The molecule has 0 radical (unpaired) electrons. The van der Waals surface area contributed by atoms with Gasteiger partial charge in [0.15, 0.2) is 0 Å². The van der Waals surface area contributed by atoms with Gasteiger partial charge in [0.1, 0.15) is 11.6 Å². The van der Waals surface area contributed by atoms with Crippen LogP contribution in [-0.2, 0) is 0 Å². The van der Waals surface area contributed by atoms with Gasteiger partial charge in [0.25, 0.3) is 0 Å². The molecular weight excluding hydrogens is 297 g/mol. The minimum atomic E-state index is -0.399. The van der Waals surface area contributed by atoms with E-state index in [2.05, 4.69) is 22.5 Å². The summed E-state index contributed by atoms with van der Waals surface area (Å²) >= 11 is 0. The Morgan fingerprint density at radius 1 is 1.39 bits per heavy atom. The van der Waals surface area contributed by atoms with Gasteiger partial charge in [-0.25, -0.2) is 9.18 Å². The summed E-state index contributed by atoms with van der Waals surface area (Å²) in [6.07, 6.45) is 3.44. The van der Waals surface area contributed by atoms with Crippen molar-refractivity contribution in [3.05, 3.63) is 24.0 Å². The number of piperidine rings is 1. The highest BCUT2D eigenvalue weighted by atomic mass is 19.1. The van der Waals surface area contributed by atoms with E-state index in [1.54, 1.807) is 0 Å². The maximum Gasteiger partial charge on any atom is 0.319 e. The Kier molecular flexibility index (Phi) is 6.65. The number of anilines is 1. The molecule has 1 aliphatic rings. The molecule has 1 saturated heterocycles. The SMILES string of the molecule is COc1cc(F)ccc1NC(=O)NCCCN1CCC(C)CC1. The Hall–Kier alpha value is -1.82. The first-order valence-electron chi connectivity index (χ1n) is 8.19. The van der Waals surface area contributed by atoms with Crippen molar-refractivity contribution < 1.29 is 13.9 Å². The molecule has 0 atom stereocenters. The van der Waals surface area contributed by atoms with Gasteiger partial charge in [-0.15, -0.1) is 0 Å². The minimum Gasteiger partial charge on any atom is -0.494 e. The molecule has 1 aliphatic heterocycles. The maximum absolute atomic E-state index is 13.1. The second-order valence-corrected chi connectivity index (χ2v) is 6.10. The number of likely N-dealkylation sites (tertiary alicyclic amines) is 1. The summed E-state index contributed by atoms with van der Waals surface area (Å²) in [5, 5.41) is 5.50. The molecule has 2 N–H and O–H groups in total. The van der Waals surface area contributed by atoms with E-state index in [1.165, 1.54) is 38.2 Å². The van der Waals surface area contributed by atoms with E-state index in [-0.39, 0.29) is 6.03 Å². The number of rotatable bonds is 6. The lowest BCUT2D eigenvalue weighted by molar-refractivity contribution is 0.190. The highest BCUT2D eigenvalue weighted by molar-refractivity contribution is 5.90. The second-order valence-electron chi connectivity index (χ2n) is 6.10. The first-order chi connectivity index (χ1) is 11.1. The summed E-state index contributed by atoms with van der Waals surface area (Å²) in [5.74, 6) is 0.743. The molecule has 0 aliphatic carbocycles. The molecular formula is C17H26FN3O2. The molecule has 2 rings (SSSR count). The van der Waals surface area contributed by atoms with E-state index in [4.69, 9.17) is 4.74 Å². The lowest BCUT2D eigenvalue weighted by atomic mass is 9.99. The van der Waals surface area contributed by atoms with E-state index >= 15 is 0 Å². The molecule has 1 aromatic rings. The molecule has 0 unspecified atom stereocenters. The monoisotopic (exact) mass is 323 g/mol. The fraction of sp³-hybridized carbons (Fsp3) is 0.588. The van der Waals surface area contributed by atoms with Gasteiger partial charge in [-0.1, -0.05) is 6.92 Å². The zero-order valence-electron chi connectivity index (χ0n) is 13.9. The number of carbonyl (C=O) groups is 1. The van der Waals surface area contributed by atoms with Crippen molar-refractivity contribution in [2.75, 3.05) is 38.6 Å². The number of halogens is 1. The van der Waals surface area contributed by atoms with Crippen LogP contribution in [0.5, 0.6) is 5.75 Å². The molecule has 0 saturated carbocycles. The zero-order valence-corrected chi connectivity index (χ0v) is 13.9. The van der Waals surface area contributed by atoms with Crippen LogP contribution in [0.4, 0.5) is 14.9 Å². The standard InChI is InChI=1S/C17H26FN3O2/c1-13-6-10-21(11-7-13)9-3-8-19-17(22)20-15-5-4-14(18)12-16(15)23-2/h4-5,12-13H,3,6-11H2,1-2H3,(H2,19,20,22). The third kappa shape index (κ3) is 5.71. The quantitative estimate of drug-likeness (QED) is 0.791. The van der Waals surface area contributed by atoms with Crippen LogP contribution in [0.3, 0.4) is 0 Å². The summed E-state index contributed by atoms with van der Waals surface area (Å²) in [6.45, 7) is 6.22. The van der Waals surface area contributed by atoms with Crippen molar-refractivity contribution in [3.8, 4) is 5.75 Å². The fourth-order valence-electron chi connectivity index (χ4n) is 2.73. The molecule has 5 nitrogen and oxygen atoms in total. The van der Waals surface area contributed by atoms with Gasteiger partial charge in [0, 0.05) is 12.6 Å². The highest BCUT2D eigenvalue weighted by Crippen LogP contribution is 2.24. The van der Waals surface area contributed by atoms with Crippen LogP contribution in [0, 0.1) is 11.7 Å². The summed E-state index contributed by atoms with van der Waals surface area (Å²) in [7, 11) is 1.44. The van der Waals surface area contributed by atoms with Crippen molar-refractivity contribution in [2.24, 2.45) is 5.92 Å².